The number of nitrogens with zero attached hydrogens (tertiary/aromatic N) is 5. The molecule has 21 heteroatoms. The van der Waals surface area contributed by atoms with E-state index in [1.807, 2.05) is 0 Å². The van der Waals surface area contributed by atoms with Crippen LogP contribution < -0.4 is 24.4 Å². The number of nitro benzene ring substituents is 1. The van der Waals surface area contributed by atoms with Gasteiger partial charge in [-0.2, -0.15) is 4.31 Å². The number of rotatable bonds is 13. The monoisotopic (exact) mass is 1050 g/mol. The summed E-state index contributed by atoms with van der Waals surface area (Å²) in [4.78, 5) is 37.1. The minimum absolute atomic E-state index is 0.0222. The Kier molecular flexibility index (Phi) is 12.9. The van der Waals surface area contributed by atoms with Crippen molar-refractivity contribution in [3.8, 4) is 17.2 Å². The number of aromatic amines is 1. The number of pyridine rings is 1. The lowest BCUT2D eigenvalue weighted by molar-refractivity contribution is -0.384. The molecular formula is C53H63FN8O10S2. The molecule has 3 aliphatic carbocycles. The summed E-state index contributed by atoms with van der Waals surface area (Å²) < 4.78 is 86.0. The van der Waals surface area contributed by atoms with Gasteiger partial charge in [-0.3, -0.25) is 19.8 Å². The standard InChI is InChI=1S/C53H63FN8O10S2/c1-32(2)39-6-4-5-7-40(39)46-30-60(74(69,70)37-9-10-37)20-21-61(46)35-26-53(27-35)16-18-59(19-17-53)34-8-11-41(47(22-34)72-36-23-42-43(54)29-56-50(42)55-28-36)51(63)58-73(67,68)38-24-45(62(65)66)49-48(25-38)71-31-44(57-49)33-12-14-52(3,64)15-13-33/h4-8,11,22-25,28-29,32-33,35,37,44,46,57,64H,9-10,12-21,26-27,30-31H2,1-3H3,(H,55,56)(H,58,63)/t33?,44-,46-,52?/m1/s1. The Balaban J connectivity index is 0.809. The van der Waals surface area contributed by atoms with Crippen LogP contribution in [0.25, 0.3) is 11.0 Å². The molecule has 5 heterocycles. The molecule has 2 atom stereocenters. The number of ether oxygens (including phenoxy) is 2. The van der Waals surface area contributed by atoms with Crippen LogP contribution in [0.4, 0.5) is 21.5 Å². The van der Waals surface area contributed by atoms with E-state index < -0.39 is 52.9 Å². The molecule has 3 saturated carbocycles. The number of benzene rings is 3. The summed E-state index contributed by atoms with van der Waals surface area (Å²) in [6.45, 7) is 9.27. The Morgan fingerprint density at radius 2 is 1.73 bits per heavy atom. The number of carbonyl (C=O) groups is 1. The topological polar surface area (TPSA) is 230 Å². The number of aliphatic hydroxyl groups is 1. The highest BCUT2D eigenvalue weighted by molar-refractivity contribution is 7.90. The maximum atomic E-state index is 14.7. The summed E-state index contributed by atoms with van der Waals surface area (Å²) >= 11 is 0. The zero-order valence-corrected chi connectivity index (χ0v) is 43.4. The Bertz CT molecular complexity index is 3230. The van der Waals surface area contributed by atoms with Crippen LogP contribution in [0.1, 0.15) is 118 Å². The first-order valence-electron chi connectivity index (χ1n) is 25.8. The largest absolute Gasteiger partial charge is 0.489 e. The number of anilines is 2. The maximum absolute atomic E-state index is 14.7. The number of piperazine rings is 1. The van der Waals surface area contributed by atoms with Crippen LogP contribution in [0.3, 0.4) is 0 Å². The van der Waals surface area contributed by atoms with Crippen molar-refractivity contribution in [1.82, 2.24) is 23.9 Å². The van der Waals surface area contributed by atoms with Crippen molar-refractivity contribution in [3.63, 3.8) is 0 Å². The highest BCUT2D eigenvalue weighted by atomic mass is 32.2. The zero-order chi connectivity index (χ0) is 51.9. The Morgan fingerprint density at radius 1 is 0.986 bits per heavy atom. The molecule has 74 heavy (non-hydrogen) atoms. The molecule has 4 N–H and O–H groups in total. The van der Waals surface area contributed by atoms with Crippen LogP contribution in [-0.4, -0.2) is 114 Å². The second kappa shape index (κ2) is 19.1. The van der Waals surface area contributed by atoms with E-state index in [4.69, 9.17) is 9.47 Å². The number of nitro groups is 1. The van der Waals surface area contributed by atoms with E-state index in [1.165, 1.54) is 35.7 Å². The van der Waals surface area contributed by atoms with Gasteiger partial charge in [0.2, 0.25) is 10.0 Å². The SMILES string of the molecule is CC(C)c1ccccc1[C@H]1CN(S(=O)(=O)C2CC2)CCN1C1CC2(CCN(c3ccc(C(=O)NS(=O)(=O)c4cc5c(c([N+](=O)[O-])c4)N[C@@H](C4CCC(C)(O)CC4)CO5)c(Oc4cnc5[nH]cc(F)c5c4)c3)CC2)C1. The number of sulfonamides is 2. The fourth-order valence-electron chi connectivity index (χ4n) is 12.3. The summed E-state index contributed by atoms with van der Waals surface area (Å²) in [5.74, 6) is -1.25. The summed E-state index contributed by atoms with van der Waals surface area (Å²) in [7, 11) is -8.09. The fourth-order valence-corrected chi connectivity index (χ4v) is 15.1. The molecule has 3 aliphatic heterocycles. The molecule has 2 aromatic heterocycles. The molecule has 1 amide bonds. The van der Waals surface area contributed by atoms with Crippen LogP contribution in [0.15, 0.2) is 78.0 Å². The molecule has 3 aromatic carbocycles. The normalized spacial score (nSPS) is 24.7. The van der Waals surface area contributed by atoms with Crippen LogP contribution in [0.5, 0.6) is 17.2 Å². The van der Waals surface area contributed by atoms with Gasteiger partial charge < -0.3 is 29.8 Å². The summed E-state index contributed by atoms with van der Waals surface area (Å²) in [6.07, 6.45) is 10.3. The molecule has 0 bridgehead atoms. The fraction of sp³-hybridized carbons (Fsp3) is 0.509. The lowest BCUT2D eigenvalue weighted by atomic mass is 9.59. The highest BCUT2D eigenvalue weighted by Crippen LogP contribution is 2.54. The summed E-state index contributed by atoms with van der Waals surface area (Å²) in [5.41, 5.74) is 2.11. The van der Waals surface area contributed by atoms with Gasteiger partial charge in [0.05, 0.1) is 43.9 Å². The van der Waals surface area contributed by atoms with E-state index in [0.29, 0.717) is 64.4 Å². The van der Waals surface area contributed by atoms with E-state index >= 15 is 0 Å². The van der Waals surface area contributed by atoms with E-state index in [0.717, 1.165) is 56.3 Å². The number of H-pyrrole nitrogens is 1. The third-order valence-electron chi connectivity index (χ3n) is 16.8. The van der Waals surface area contributed by atoms with Crippen molar-refractivity contribution in [1.29, 1.82) is 0 Å². The molecule has 6 aliphatic rings. The smallest absolute Gasteiger partial charge is 0.297 e. The number of carbonyl (C=O) groups excluding carboxylic acids is 1. The van der Waals surface area contributed by atoms with E-state index in [2.05, 4.69) is 67.9 Å². The summed E-state index contributed by atoms with van der Waals surface area (Å²) in [5, 5.41) is 26.0. The van der Waals surface area contributed by atoms with E-state index in [9.17, 15) is 41.2 Å². The second-order valence-electron chi connectivity index (χ2n) is 22.1. The third kappa shape index (κ3) is 9.69. The van der Waals surface area contributed by atoms with Crippen LogP contribution >= 0.6 is 0 Å². The van der Waals surface area contributed by atoms with Crippen LogP contribution in [-0.2, 0) is 20.0 Å². The Morgan fingerprint density at radius 3 is 2.45 bits per heavy atom. The quantitative estimate of drug-likeness (QED) is 0.0642. The zero-order valence-electron chi connectivity index (χ0n) is 41.8. The van der Waals surface area contributed by atoms with Crippen molar-refractivity contribution in [3.05, 3.63) is 106 Å². The second-order valence-corrected chi connectivity index (χ2v) is 26.0. The van der Waals surface area contributed by atoms with Crippen LogP contribution in [0.2, 0.25) is 0 Å². The number of hydrogen-bond acceptors (Lipinski definition) is 14. The molecule has 18 nitrogen and oxygen atoms in total. The van der Waals surface area contributed by atoms with Crippen LogP contribution in [0, 0.1) is 27.3 Å². The average molecular weight is 1060 g/mol. The first-order chi connectivity index (χ1) is 35.3. The molecule has 0 unspecified atom stereocenters. The van der Waals surface area contributed by atoms with Gasteiger partial charge in [-0.15, -0.1) is 0 Å². The number of hydrogen-bond donors (Lipinski definition) is 4. The minimum atomic E-state index is -4.75. The first-order valence-corrected chi connectivity index (χ1v) is 28.8. The first kappa shape index (κ1) is 50.3. The Hall–Kier alpha value is -5.87. The Labute approximate surface area is 430 Å². The number of piperidine rings is 1. The number of fused-ring (bicyclic) bond motifs is 2. The number of nitrogens with one attached hydrogen (secondary N) is 3. The predicted molar refractivity (Wildman–Crippen MR) is 276 cm³/mol. The van der Waals surface area contributed by atoms with Crippen molar-refractivity contribution in [2.24, 2.45) is 11.3 Å². The van der Waals surface area contributed by atoms with E-state index in [1.54, 1.807) is 23.4 Å². The lowest BCUT2D eigenvalue weighted by Crippen LogP contribution is -2.60. The van der Waals surface area contributed by atoms with Gasteiger partial charge >= 0.3 is 0 Å². The van der Waals surface area contributed by atoms with Crippen molar-refractivity contribution in [2.45, 2.75) is 125 Å². The number of amides is 1. The van der Waals surface area contributed by atoms with Gasteiger partial charge in [0.15, 0.2) is 11.4 Å². The molecule has 5 fully saturated rings. The highest BCUT2D eigenvalue weighted by Gasteiger charge is 2.52. The summed E-state index contributed by atoms with van der Waals surface area (Å²) in [6, 6.07) is 16.7. The van der Waals surface area contributed by atoms with Gasteiger partial charge in [-0.25, -0.2) is 30.9 Å². The van der Waals surface area contributed by atoms with Crippen molar-refractivity contribution in [2.75, 3.05) is 49.5 Å². The lowest BCUT2D eigenvalue weighted by Gasteiger charge is -2.58. The molecule has 0 radical (unpaired) electrons. The predicted octanol–water partition coefficient (Wildman–Crippen LogP) is 8.36. The molecule has 394 valence electrons. The molecular weight excluding hydrogens is 992 g/mol. The van der Waals surface area contributed by atoms with Gasteiger partial charge in [0, 0.05) is 74.9 Å². The maximum Gasteiger partial charge on any atom is 0.297 e. The van der Waals surface area contributed by atoms with Gasteiger partial charge in [-0.05, 0) is 118 Å². The van der Waals surface area contributed by atoms with E-state index in [-0.39, 0.29) is 80.7 Å². The number of aromatic nitrogens is 2. The molecule has 5 aromatic rings. The number of halogens is 1. The third-order valence-corrected chi connectivity index (χ3v) is 20.4. The van der Waals surface area contributed by atoms with Gasteiger partial charge in [0.25, 0.3) is 21.6 Å². The van der Waals surface area contributed by atoms with Crippen molar-refractivity contribution >= 4 is 54.0 Å². The molecule has 2 saturated heterocycles. The molecule has 1 spiro atoms. The van der Waals surface area contributed by atoms with Gasteiger partial charge in [0.1, 0.15) is 29.6 Å². The molecule has 11 rings (SSSR count). The average Bonchev–Trinajstić information content (AvgIpc) is 4.18. The minimum Gasteiger partial charge on any atom is -0.489 e. The van der Waals surface area contributed by atoms with Crippen molar-refractivity contribution < 1.29 is 45.5 Å². The van der Waals surface area contributed by atoms with Gasteiger partial charge in [-0.1, -0.05) is 38.1 Å².